The van der Waals surface area contributed by atoms with E-state index in [0.717, 1.165) is 16.5 Å². The molecule has 1 N–H and O–H groups in total. The molecule has 1 amide bonds. The molecule has 0 radical (unpaired) electrons. The first-order valence-electron chi connectivity index (χ1n) is 7.48. The SMILES string of the molecule is COC(=O)c1ccc(CNC(=O)c2cccc3ncccc23)cc1. The Morgan fingerprint density at radius 3 is 2.58 bits per heavy atom. The minimum atomic E-state index is -0.381. The van der Waals surface area contributed by atoms with Gasteiger partial charge in [0.25, 0.3) is 5.91 Å². The van der Waals surface area contributed by atoms with Crippen molar-refractivity contribution in [3.8, 4) is 0 Å². The van der Waals surface area contributed by atoms with Crippen molar-refractivity contribution in [2.45, 2.75) is 6.54 Å². The van der Waals surface area contributed by atoms with Gasteiger partial charge in [0.05, 0.1) is 18.2 Å². The Morgan fingerprint density at radius 1 is 1.04 bits per heavy atom. The van der Waals surface area contributed by atoms with Crippen molar-refractivity contribution in [3.63, 3.8) is 0 Å². The molecular weight excluding hydrogens is 304 g/mol. The molecule has 0 spiro atoms. The Labute approximate surface area is 139 Å². The molecule has 5 heteroatoms. The van der Waals surface area contributed by atoms with Crippen molar-refractivity contribution in [3.05, 3.63) is 77.5 Å². The second kappa shape index (κ2) is 6.91. The first-order chi connectivity index (χ1) is 11.7. The third-order valence-electron chi connectivity index (χ3n) is 3.72. The van der Waals surface area contributed by atoms with Crippen LogP contribution in [0.4, 0.5) is 0 Å². The molecule has 0 aliphatic heterocycles. The normalized spacial score (nSPS) is 10.4. The topological polar surface area (TPSA) is 68.3 Å². The number of esters is 1. The van der Waals surface area contributed by atoms with E-state index in [1.165, 1.54) is 7.11 Å². The zero-order chi connectivity index (χ0) is 16.9. The molecule has 120 valence electrons. The van der Waals surface area contributed by atoms with Gasteiger partial charge in [-0.15, -0.1) is 0 Å². The van der Waals surface area contributed by atoms with Crippen LogP contribution in [-0.4, -0.2) is 24.0 Å². The summed E-state index contributed by atoms with van der Waals surface area (Å²) in [7, 11) is 1.34. The molecular formula is C19H16N2O3. The van der Waals surface area contributed by atoms with Crippen LogP contribution in [0.2, 0.25) is 0 Å². The molecule has 0 atom stereocenters. The number of rotatable bonds is 4. The van der Waals surface area contributed by atoms with Gasteiger partial charge in [-0.3, -0.25) is 9.78 Å². The van der Waals surface area contributed by atoms with Crippen LogP contribution < -0.4 is 5.32 Å². The number of carbonyl (C=O) groups is 2. The minimum Gasteiger partial charge on any atom is -0.465 e. The summed E-state index contributed by atoms with van der Waals surface area (Å²) in [6, 6.07) is 16.1. The van der Waals surface area contributed by atoms with Gasteiger partial charge in [0.2, 0.25) is 0 Å². The molecule has 1 heterocycles. The lowest BCUT2D eigenvalue weighted by Crippen LogP contribution is -2.23. The lowest BCUT2D eigenvalue weighted by molar-refractivity contribution is 0.0600. The molecule has 3 aromatic rings. The molecule has 0 saturated heterocycles. The number of hydrogen-bond acceptors (Lipinski definition) is 4. The maximum Gasteiger partial charge on any atom is 0.337 e. The molecule has 2 aromatic carbocycles. The number of methoxy groups -OCH3 is 1. The number of aromatic nitrogens is 1. The Morgan fingerprint density at radius 2 is 1.83 bits per heavy atom. The van der Waals surface area contributed by atoms with Crippen LogP contribution in [0.15, 0.2) is 60.8 Å². The van der Waals surface area contributed by atoms with Gasteiger partial charge in [0, 0.05) is 23.7 Å². The number of hydrogen-bond donors (Lipinski definition) is 1. The van der Waals surface area contributed by atoms with Crippen LogP contribution in [0.3, 0.4) is 0 Å². The number of ether oxygens (including phenoxy) is 1. The molecule has 24 heavy (non-hydrogen) atoms. The van der Waals surface area contributed by atoms with Gasteiger partial charge in [0.15, 0.2) is 0 Å². The Hall–Kier alpha value is -3.21. The summed E-state index contributed by atoms with van der Waals surface area (Å²) in [6.07, 6.45) is 1.70. The number of nitrogens with zero attached hydrogens (tertiary/aromatic N) is 1. The average molecular weight is 320 g/mol. The Balaban J connectivity index is 1.72. The maximum atomic E-state index is 12.4. The molecule has 0 saturated carbocycles. The fourth-order valence-electron chi connectivity index (χ4n) is 2.46. The number of pyridine rings is 1. The van der Waals surface area contributed by atoms with Crippen molar-refractivity contribution < 1.29 is 14.3 Å². The van der Waals surface area contributed by atoms with E-state index in [-0.39, 0.29) is 11.9 Å². The quantitative estimate of drug-likeness (QED) is 0.751. The average Bonchev–Trinajstić information content (AvgIpc) is 2.65. The Kier molecular flexibility index (Phi) is 4.52. The smallest absolute Gasteiger partial charge is 0.337 e. The highest BCUT2D eigenvalue weighted by molar-refractivity contribution is 6.06. The van der Waals surface area contributed by atoms with Crippen LogP contribution >= 0.6 is 0 Å². The van der Waals surface area contributed by atoms with Gasteiger partial charge in [0.1, 0.15) is 0 Å². The number of amides is 1. The second-order valence-corrected chi connectivity index (χ2v) is 5.25. The van der Waals surface area contributed by atoms with E-state index in [2.05, 4.69) is 15.0 Å². The summed E-state index contributed by atoms with van der Waals surface area (Å²) in [4.78, 5) is 28.1. The molecule has 0 bridgehead atoms. The van der Waals surface area contributed by atoms with E-state index in [4.69, 9.17) is 0 Å². The lowest BCUT2D eigenvalue weighted by atomic mass is 10.1. The van der Waals surface area contributed by atoms with Gasteiger partial charge >= 0.3 is 5.97 Å². The van der Waals surface area contributed by atoms with Crippen molar-refractivity contribution in [1.29, 1.82) is 0 Å². The number of nitrogens with one attached hydrogen (secondary N) is 1. The van der Waals surface area contributed by atoms with Crippen molar-refractivity contribution in [2.24, 2.45) is 0 Å². The predicted octanol–water partition coefficient (Wildman–Crippen LogP) is 2.95. The van der Waals surface area contributed by atoms with Crippen molar-refractivity contribution >= 4 is 22.8 Å². The summed E-state index contributed by atoms with van der Waals surface area (Å²) in [5, 5.41) is 3.71. The standard InChI is InChI=1S/C19H16N2O3/c1-24-19(23)14-9-7-13(8-10-14)12-21-18(22)16-4-2-6-17-15(16)5-3-11-20-17/h2-11H,12H2,1H3,(H,21,22). The van der Waals surface area contributed by atoms with E-state index in [0.29, 0.717) is 17.7 Å². The molecule has 0 fully saturated rings. The van der Waals surface area contributed by atoms with E-state index in [1.807, 2.05) is 24.3 Å². The highest BCUT2D eigenvalue weighted by Crippen LogP contribution is 2.16. The number of benzene rings is 2. The third-order valence-corrected chi connectivity index (χ3v) is 3.72. The number of fused-ring (bicyclic) bond motifs is 1. The van der Waals surface area contributed by atoms with Gasteiger partial charge in [-0.2, -0.15) is 0 Å². The summed E-state index contributed by atoms with van der Waals surface area (Å²) < 4.78 is 4.66. The largest absolute Gasteiger partial charge is 0.465 e. The molecule has 5 nitrogen and oxygen atoms in total. The summed E-state index contributed by atoms with van der Waals surface area (Å²) >= 11 is 0. The molecule has 3 rings (SSSR count). The minimum absolute atomic E-state index is 0.161. The van der Waals surface area contributed by atoms with E-state index >= 15 is 0 Å². The Bertz CT molecular complexity index is 883. The highest BCUT2D eigenvalue weighted by atomic mass is 16.5. The number of carbonyl (C=O) groups excluding carboxylic acids is 2. The zero-order valence-corrected chi connectivity index (χ0v) is 13.2. The first-order valence-corrected chi connectivity index (χ1v) is 7.48. The van der Waals surface area contributed by atoms with Gasteiger partial charge in [-0.1, -0.05) is 24.3 Å². The molecule has 0 unspecified atom stereocenters. The predicted molar refractivity (Wildman–Crippen MR) is 90.7 cm³/mol. The fourth-order valence-corrected chi connectivity index (χ4v) is 2.46. The van der Waals surface area contributed by atoms with Crippen LogP contribution in [-0.2, 0) is 11.3 Å². The van der Waals surface area contributed by atoms with Crippen LogP contribution in [0.1, 0.15) is 26.3 Å². The van der Waals surface area contributed by atoms with Crippen LogP contribution in [0.25, 0.3) is 10.9 Å². The molecule has 1 aromatic heterocycles. The van der Waals surface area contributed by atoms with Gasteiger partial charge < -0.3 is 10.1 Å². The van der Waals surface area contributed by atoms with Crippen LogP contribution in [0, 0.1) is 0 Å². The highest BCUT2D eigenvalue weighted by Gasteiger charge is 2.10. The van der Waals surface area contributed by atoms with Crippen molar-refractivity contribution in [1.82, 2.24) is 10.3 Å². The van der Waals surface area contributed by atoms with Gasteiger partial charge in [-0.25, -0.2) is 4.79 Å². The van der Waals surface area contributed by atoms with Crippen molar-refractivity contribution in [2.75, 3.05) is 7.11 Å². The van der Waals surface area contributed by atoms with Crippen LogP contribution in [0.5, 0.6) is 0 Å². The van der Waals surface area contributed by atoms with Gasteiger partial charge in [-0.05, 0) is 35.9 Å². The zero-order valence-electron chi connectivity index (χ0n) is 13.2. The summed E-state index contributed by atoms with van der Waals surface area (Å²) in [5.41, 5.74) is 2.75. The van der Waals surface area contributed by atoms with E-state index in [1.54, 1.807) is 36.5 Å². The third kappa shape index (κ3) is 3.25. The van der Waals surface area contributed by atoms with E-state index in [9.17, 15) is 9.59 Å². The molecule has 0 aliphatic carbocycles. The lowest BCUT2D eigenvalue weighted by Gasteiger charge is -2.08. The van der Waals surface area contributed by atoms with E-state index < -0.39 is 0 Å². The monoisotopic (exact) mass is 320 g/mol. The second-order valence-electron chi connectivity index (χ2n) is 5.25. The fraction of sp³-hybridized carbons (Fsp3) is 0.105. The maximum absolute atomic E-state index is 12.4. The summed E-state index contributed by atoms with van der Waals surface area (Å²) in [6.45, 7) is 0.372. The molecule has 0 aliphatic rings. The summed E-state index contributed by atoms with van der Waals surface area (Å²) in [5.74, 6) is -0.542. The first kappa shape index (κ1) is 15.7.